The van der Waals surface area contributed by atoms with E-state index in [1.54, 1.807) is 18.3 Å². The van der Waals surface area contributed by atoms with Gasteiger partial charge in [-0.15, -0.1) is 0 Å². The molecule has 16 heavy (non-hydrogen) atoms. The number of amides is 1. The van der Waals surface area contributed by atoms with Crippen LogP contribution in [-0.4, -0.2) is 20.9 Å². The summed E-state index contributed by atoms with van der Waals surface area (Å²) in [5, 5.41) is 2.66. The molecule has 2 rings (SSSR count). The first kappa shape index (κ1) is 10.2. The molecule has 2 aromatic heterocycles. The first-order valence-electron chi connectivity index (χ1n) is 4.76. The predicted molar refractivity (Wildman–Crippen MR) is 59.0 cm³/mol. The van der Waals surface area contributed by atoms with Crippen LogP contribution in [-0.2, 0) is 0 Å². The van der Waals surface area contributed by atoms with Crippen molar-refractivity contribution < 1.29 is 4.79 Å². The molecule has 80 valence electrons. The first-order valence-corrected chi connectivity index (χ1v) is 4.76. The third kappa shape index (κ3) is 2.38. The van der Waals surface area contributed by atoms with Gasteiger partial charge in [-0.3, -0.25) is 4.79 Å². The summed E-state index contributed by atoms with van der Waals surface area (Å²) in [7, 11) is 0. The number of anilines is 1. The fourth-order valence-electron chi connectivity index (χ4n) is 1.21. The van der Waals surface area contributed by atoms with Crippen LogP contribution in [0.2, 0.25) is 0 Å². The molecular weight excluding hydrogens is 204 g/mol. The molecule has 0 aromatic carbocycles. The Bertz CT molecular complexity index is 498. The van der Waals surface area contributed by atoms with Crippen LogP contribution in [0.3, 0.4) is 0 Å². The normalized spacial score (nSPS) is 9.81. The molecule has 2 aromatic rings. The van der Waals surface area contributed by atoms with Crippen molar-refractivity contribution in [3.63, 3.8) is 0 Å². The first-order chi connectivity index (χ1) is 7.75. The number of hydrogen-bond acceptors (Lipinski definition) is 4. The molecule has 0 aliphatic heterocycles. The number of carbonyl (C=O) groups excluding carboxylic acids is 1. The molecule has 5 heteroatoms. The van der Waals surface area contributed by atoms with Crippen LogP contribution >= 0.6 is 0 Å². The smallest absolute Gasteiger partial charge is 0.275 e. The molecule has 0 spiro atoms. The van der Waals surface area contributed by atoms with Crippen LogP contribution in [0.5, 0.6) is 0 Å². The van der Waals surface area contributed by atoms with E-state index in [1.165, 1.54) is 12.5 Å². The minimum atomic E-state index is -0.291. The number of rotatable bonds is 2. The Kier molecular flexibility index (Phi) is 2.86. The summed E-state index contributed by atoms with van der Waals surface area (Å²) in [5.41, 5.74) is 1.35. The van der Waals surface area contributed by atoms with E-state index in [0.29, 0.717) is 11.5 Å². The van der Waals surface area contributed by atoms with Crippen LogP contribution in [0.25, 0.3) is 0 Å². The number of hydrogen-bond donors (Lipinski definition) is 1. The summed E-state index contributed by atoms with van der Waals surface area (Å²) in [6.45, 7) is 1.93. The van der Waals surface area contributed by atoms with Crippen molar-refractivity contribution in [2.45, 2.75) is 6.92 Å². The lowest BCUT2D eigenvalue weighted by Crippen LogP contribution is -2.14. The van der Waals surface area contributed by atoms with Crippen molar-refractivity contribution in [2.24, 2.45) is 0 Å². The predicted octanol–water partition coefficient (Wildman–Crippen LogP) is 1.43. The highest BCUT2D eigenvalue weighted by Crippen LogP contribution is 2.06. The Morgan fingerprint density at radius 2 is 2.12 bits per heavy atom. The second kappa shape index (κ2) is 4.48. The Labute approximate surface area is 92.6 Å². The van der Waals surface area contributed by atoms with E-state index in [0.717, 1.165) is 5.56 Å². The van der Waals surface area contributed by atoms with Crippen molar-refractivity contribution in [3.05, 3.63) is 48.2 Å². The largest absolute Gasteiger partial charge is 0.305 e. The molecule has 0 aliphatic carbocycles. The summed E-state index contributed by atoms with van der Waals surface area (Å²) in [4.78, 5) is 23.3. The molecule has 2 heterocycles. The summed E-state index contributed by atoms with van der Waals surface area (Å²) in [6, 6.07) is 5.20. The summed E-state index contributed by atoms with van der Waals surface area (Å²) < 4.78 is 0. The van der Waals surface area contributed by atoms with E-state index in [1.807, 2.05) is 13.0 Å². The minimum Gasteiger partial charge on any atom is -0.305 e. The molecular formula is C11H10N4O. The Morgan fingerprint density at radius 1 is 1.25 bits per heavy atom. The van der Waals surface area contributed by atoms with Gasteiger partial charge in [0.05, 0.1) is 0 Å². The topological polar surface area (TPSA) is 67.8 Å². The highest BCUT2D eigenvalue weighted by atomic mass is 16.1. The van der Waals surface area contributed by atoms with E-state index < -0.39 is 0 Å². The van der Waals surface area contributed by atoms with Crippen molar-refractivity contribution in [1.29, 1.82) is 0 Å². The Hall–Kier alpha value is -2.30. The fourth-order valence-corrected chi connectivity index (χ4v) is 1.21. The average Bonchev–Trinajstić information content (AvgIpc) is 2.30. The van der Waals surface area contributed by atoms with Gasteiger partial charge >= 0.3 is 0 Å². The fraction of sp³-hybridized carbons (Fsp3) is 0.0909. The minimum absolute atomic E-state index is 0.291. The molecule has 0 aliphatic rings. The molecule has 0 unspecified atom stereocenters. The van der Waals surface area contributed by atoms with E-state index in [-0.39, 0.29) is 5.91 Å². The zero-order chi connectivity index (χ0) is 11.4. The lowest BCUT2D eigenvalue weighted by molar-refractivity contribution is 0.102. The highest BCUT2D eigenvalue weighted by molar-refractivity contribution is 6.02. The molecule has 0 saturated carbocycles. The molecule has 1 N–H and O–H groups in total. The lowest BCUT2D eigenvalue weighted by atomic mass is 10.3. The van der Waals surface area contributed by atoms with Gasteiger partial charge in [-0.05, 0) is 30.7 Å². The molecule has 0 bridgehead atoms. The van der Waals surface area contributed by atoms with Gasteiger partial charge < -0.3 is 5.32 Å². The van der Waals surface area contributed by atoms with Gasteiger partial charge in [0.25, 0.3) is 5.91 Å². The zero-order valence-corrected chi connectivity index (χ0v) is 8.71. The lowest BCUT2D eigenvalue weighted by Gasteiger charge is -2.03. The van der Waals surface area contributed by atoms with E-state index in [9.17, 15) is 4.79 Å². The third-order valence-corrected chi connectivity index (χ3v) is 1.97. The second-order valence-corrected chi connectivity index (χ2v) is 3.27. The number of carbonyl (C=O) groups is 1. The highest BCUT2D eigenvalue weighted by Gasteiger charge is 2.07. The van der Waals surface area contributed by atoms with Crippen LogP contribution in [0.4, 0.5) is 5.82 Å². The second-order valence-electron chi connectivity index (χ2n) is 3.27. The number of aromatic nitrogens is 3. The number of aryl methyl sites for hydroxylation is 1. The molecule has 5 nitrogen and oxygen atoms in total. The Morgan fingerprint density at radius 3 is 2.81 bits per heavy atom. The van der Waals surface area contributed by atoms with E-state index in [4.69, 9.17) is 0 Å². The monoisotopic (exact) mass is 214 g/mol. The van der Waals surface area contributed by atoms with Gasteiger partial charge in [0.15, 0.2) is 0 Å². The standard InChI is InChI=1S/C11H10N4O/c1-8-2-5-13-10(6-8)15-11(16)9-3-4-12-7-14-9/h2-7H,1H3,(H,13,15,16). The van der Waals surface area contributed by atoms with Gasteiger partial charge in [0, 0.05) is 12.4 Å². The van der Waals surface area contributed by atoms with Crippen LogP contribution < -0.4 is 5.32 Å². The summed E-state index contributed by atoms with van der Waals surface area (Å²) in [6.07, 6.45) is 4.50. The average molecular weight is 214 g/mol. The molecule has 0 saturated heterocycles. The van der Waals surface area contributed by atoms with Crippen molar-refractivity contribution in [3.8, 4) is 0 Å². The van der Waals surface area contributed by atoms with E-state index in [2.05, 4.69) is 20.3 Å². The van der Waals surface area contributed by atoms with E-state index >= 15 is 0 Å². The molecule has 0 atom stereocenters. The maximum absolute atomic E-state index is 11.7. The molecule has 1 amide bonds. The number of nitrogens with zero attached hydrogens (tertiary/aromatic N) is 3. The van der Waals surface area contributed by atoms with Crippen LogP contribution in [0.15, 0.2) is 36.9 Å². The van der Waals surface area contributed by atoms with Crippen LogP contribution in [0.1, 0.15) is 16.1 Å². The van der Waals surface area contributed by atoms with Crippen molar-refractivity contribution in [2.75, 3.05) is 5.32 Å². The van der Waals surface area contributed by atoms with Gasteiger partial charge in [0.1, 0.15) is 17.8 Å². The van der Waals surface area contributed by atoms with Crippen LogP contribution in [0, 0.1) is 6.92 Å². The Balaban J connectivity index is 2.14. The molecule has 0 radical (unpaired) electrons. The summed E-state index contributed by atoms with van der Waals surface area (Å²) >= 11 is 0. The SMILES string of the molecule is Cc1ccnc(NC(=O)c2ccncn2)c1. The quantitative estimate of drug-likeness (QED) is 0.821. The number of pyridine rings is 1. The number of nitrogens with one attached hydrogen (secondary N) is 1. The third-order valence-electron chi connectivity index (χ3n) is 1.97. The van der Waals surface area contributed by atoms with Gasteiger partial charge in [-0.25, -0.2) is 15.0 Å². The van der Waals surface area contributed by atoms with Gasteiger partial charge in [-0.1, -0.05) is 0 Å². The zero-order valence-electron chi connectivity index (χ0n) is 8.71. The van der Waals surface area contributed by atoms with Crippen molar-refractivity contribution >= 4 is 11.7 Å². The maximum Gasteiger partial charge on any atom is 0.275 e. The summed E-state index contributed by atoms with van der Waals surface area (Å²) in [5.74, 6) is 0.226. The van der Waals surface area contributed by atoms with Gasteiger partial charge in [-0.2, -0.15) is 0 Å². The molecule has 0 fully saturated rings. The van der Waals surface area contributed by atoms with Gasteiger partial charge in [0.2, 0.25) is 0 Å². The van der Waals surface area contributed by atoms with Crippen molar-refractivity contribution in [1.82, 2.24) is 15.0 Å². The maximum atomic E-state index is 11.7.